The van der Waals surface area contributed by atoms with Gasteiger partial charge in [0.1, 0.15) is 12.4 Å². The zero-order valence-electron chi connectivity index (χ0n) is 13.4. The smallest absolute Gasteiger partial charge is 0.275 e. The Morgan fingerprint density at radius 1 is 1.12 bits per heavy atom. The molecule has 1 amide bonds. The minimum absolute atomic E-state index is 0.0341. The number of carbonyl (C=O) groups is 1. The number of hydrogen-bond acceptors (Lipinski definition) is 1. The van der Waals surface area contributed by atoms with Crippen LogP contribution >= 0.6 is 11.6 Å². The molecule has 2 aromatic carbocycles. The summed E-state index contributed by atoms with van der Waals surface area (Å²) < 4.78 is 13.9. The van der Waals surface area contributed by atoms with Crippen LogP contribution in [0.5, 0.6) is 0 Å². The van der Waals surface area contributed by atoms with Crippen LogP contribution in [0.25, 0.3) is 0 Å². The first-order chi connectivity index (χ1) is 11.6. The monoisotopic (exact) mass is 347 g/mol. The van der Waals surface area contributed by atoms with Gasteiger partial charge in [-0.1, -0.05) is 48.0 Å². The van der Waals surface area contributed by atoms with Crippen LogP contribution < -0.4 is 10.2 Å². The van der Waals surface area contributed by atoms with E-state index >= 15 is 0 Å². The van der Waals surface area contributed by atoms with E-state index in [4.69, 9.17) is 11.6 Å². The van der Waals surface area contributed by atoms with E-state index < -0.39 is 0 Å². The summed E-state index contributed by atoms with van der Waals surface area (Å²) in [6, 6.07) is 14.7. The standard InChI is InChI=1S/C19H20ClFN2O/c20-17-7-3-1-5-14(17)11-22-19(24)13-23(16-9-10-16)12-15-6-2-4-8-18(15)21/h1-8,16H,9-13H2,(H,22,24)/p+1. The van der Waals surface area contributed by atoms with Crippen LogP contribution in [0.1, 0.15) is 24.0 Å². The molecule has 0 bridgehead atoms. The Bertz CT molecular complexity index is 718. The Morgan fingerprint density at radius 2 is 1.79 bits per heavy atom. The van der Waals surface area contributed by atoms with E-state index in [1.165, 1.54) is 6.07 Å². The van der Waals surface area contributed by atoms with Crippen molar-refractivity contribution in [3.8, 4) is 0 Å². The van der Waals surface area contributed by atoms with Crippen LogP contribution in [-0.2, 0) is 17.9 Å². The summed E-state index contributed by atoms with van der Waals surface area (Å²) in [4.78, 5) is 13.4. The molecule has 2 aromatic rings. The Morgan fingerprint density at radius 3 is 2.46 bits per heavy atom. The van der Waals surface area contributed by atoms with Gasteiger partial charge in [0.2, 0.25) is 0 Å². The molecule has 1 atom stereocenters. The quantitative estimate of drug-likeness (QED) is 0.792. The summed E-state index contributed by atoms with van der Waals surface area (Å²) in [6.45, 7) is 1.30. The maximum absolute atomic E-state index is 13.9. The van der Waals surface area contributed by atoms with Gasteiger partial charge < -0.3 is 10.2 Å². The highest BCUT2D eigenvalue weighted by Crippen LogP contribution is 2.16. The fraction of sp³-hybridized carbons (Fsp3) is 0.316. The lowest BCUT2D eigenvalue weighted by Crippen LogP contribution is -3.13. The number of hydrogen-bond donors (Lipinski definition) is 2. The largest absolute Gasteiger partial charge is 0.347 e. The Balaban J connectivity index is 1.57. The van der Waals surface area contributed by atoms with Crippen molar-refractivity contribution in [2.75, 3.05) is 6.54 Å². The SMILES string of the molecule is O=C(C[NH+](Cc1ccccc1F)C1CC1)NCc1ccccc1Cl. The summed E-state index contributed by atoms with van der Waals surface area (Å²) in [6.07, 6.45) is 2.20. The predicted molar refractivity (Wildman–Crippen MR) is 92.3 cm³/mol. The van der Waals surface area contributed by atoms with Gasteiger partial charge in [-0.05, 0) is 17.7 Å². The first-order valence-electron chi connectivity index (χ1n) is 8.21. The molecule has 1 saturated carbocycles. The number of nitrogens with one attached hydrogen (secondary N) is 2. The lowest BCUT2D eigenvalue weighted by Gasteiger charge is -2.19. The van der Waals surface area contributed by atoms with Gasteiger partial charge in [0.05, 0.1) is 6.04 Å². The number of halogens is 2. The normalized spacial score (nSPS) is 15.1. The Labute approximate surface area is 146 Å². The number of rotatable bonds is 7. The van der Waals surface area contributed by atoms with Gasteiger partial charge in [-0.3, -0.25) is 4.79 Å². The lowest BCUT2D eigenvalue weighted by molar-refractivity contribution is -0.917. The summed E-state index contributed by atoms with van der Waals surface area (Å²) >= 11 is 6.10. The highest BCUT2D eigenvalue weighted by atomic mass is 35.5. The molecule has 0 spiro atoms. The minimum Gasteiger partial charge on any atom is -0.347 e. The highest BCUT2D eigenvalue weighted by Gasteiger charge is 2.34. The van der Waals surface area contributed by atoms with Gasteiger partial charge in [-0.2, -0.15) is 0 Å². The van der Waals surface area contributed by atoms with Crippen molar-refractivity contribution in [1.82, 2.24) is 5.32 Å². The van der Waals surface area contributed by atoms with Crippen molar-refractivity contribution < 1.29 is 14.1 Å². The predicted octanol–water partition coefficient (Wildman–Crippen LogP) is 2.34. The van der Waals surface area contributed by atoms with Gasteiger partial charge in [0, 0.05) is 30.0 Å². The van der Waals surface area contributed by atoms with Crippen molar-refractivity contribution >= 4 is 17.5 Å². The molecule has 2 N–H and O–H groups in total. The molecule has 1 fully saturated rings. The topological polar surface area (TPSA) is 33.5 Å². The molecule has 0 aliphatic heterocycles. The molecule has 3 rings (SSSR count). The first kappa shape index (κ1) is 16.9. The van der Waals surface area contributed by atoms with Gasteiger partial charge in [-0.25, -0.2) is 4.39 Å². The third-order valence-electron chi connectivity index (χ3n) is 4.35. The number of carbonyl (C=O) groups excluding carboxylic acids is 1. The summed E-state index contributed by atoms with van der Waals surface area (Å²) in [5.74, 6) is -0.236. The molecule has 1 aliphatic carbocycles. The average molecular weight is 348 g/mol. The molecule has 5 heteroatoms. The van der Waals surface area contributed by atoms with Crippen LogP contribution in [-0.4, -0.2) is 18.5 Å². The number of quaternary nitrogens is 1. The number of benzene rings is 2. The average Bonchev–Trinajstić information content (AvgIpc) is 3.40. The Kier molecular flexibility index (Phi) is 5.48. The second-order valence-electron chi connectivity index (χ2n) is 6.25. The second kappa shape index (κ2) is 7.77. The zero-order chi connectivity index (χ0) is 16.9. The van der Waals surface area contributed by atoms with Gasteiger partial charge >= 0.3 is 0 Å². The van der Waals surface area contributed by atoms with E-state index in [1.54, 1.807) is 12.1 Å². The molecule has 0 radical (unpaired) electrons. The molecule has 0 aromatic heterocycles. The molecule has 24 heavy (non-hydrogen) atoms. The van der Waals surface area contributed by atoms with Crippen LogP contribution in [0, 0.1) is 5.82 Å². The van der Waals surface area contributed by atoms with Crippen molar-refractivity contribution in [2.45, 2.75) is 32.0 Å². The molecule has 126 valence electrons. The van der Waals surface area contributed by atoms with Gasteiger partial charge in [-0.15, -0.1) is 0 Å². The van der Waals surface area contributed by atoms with Crippen LogP contribution in [0.2, 0.25) is 5.02 Å². The molecule has 0 saturated heterocycles. The van der Waals surface area contributed by atoms with Gasteiger partial charge in [0.25, 0.3) is 5.91 Å². The van der Waals surface area contributed by atoms with E-state index in [9.17, 15) is 9.18 Å². The second-order valence-corrected chi connectivity index (χ2v) is 6.65. The van der Waals surface area contributed by atoms with E-state index in [0.29, 0.717) is 36.3 Å². The summed E-state index contributed by atoms with van der Waals surface area (Å²) in [7, 11) is 0. The van der Waals surface area contributed by atoms with Crippen molar-refractivity contribution in [3.05, 3.63) is 70.5 Å². The summed E-state index contributed by atoms with van der Waals surface area (Å²) in [5.41, 5.74) is 1.56. The van der Waals surface area contributed by atoms with Crippen LogP contribution in [0.15, 0.2) is 48.5 Å². The fourth-order valence-electron chi connectivity index (χ4n) is 2.83. The maximum atomic E-state index is 13.9. The maximum Gasteiger partial charge on any atom is 0.275 e. The van der Waals surface area contributed by atoms with Crippen molar-refractivity contribution in [3.63, 3.8) is 0 Å². The van der Waals surface area contributed by atoms with E-state index in [0.717, 1.165) is 23.3 Å². The lowest BCUT2D eigenvalue weighted by atomic mass is 10.2. The molecule has 1 unspecified atom stereocenters. The fourth-order valence-corrected chi connectivity index (χ4v) is 3.04. The zero-order valence-corrected chi connectivity index (χ0v) is 14.2. The molecule has 3 nitrogen and oxygen atoms in total. The van der Waals surface area contributed by atoms with Crippen molar-refractivity contribution in [2.24, 2.45) is 0 Å². The van der Waals surface area contributed by atoms with E-state index in [-0.39, 0.29) is 11.7 Å². The summed E-state index contributed by atoms with van der Waals surface area (Å²) in [5, 5.41) is 3.56. The molecular formula is C19H21ClFN2O+. The Hall–Kier alpha value is -1.91. The molecule has 0 heterocycles. The first-order valence-corrected chi connectivity index (χ1v) is 8.59. The third-order valence-corrected chi connectivity index (χ3v) is 4.72. The van der Waals surface area contributed by atoms with Gasteiger partial charge in [0.15, 0.2) is 6.54 Å². The highest BCUT2D eigenvalue weighted by molar-refractivity contribution is 6.31. The number of amides is 1. The minimum atomic E-state index is -0.202. The molecular weight excluding hydrogens is 327 g/mol. The van der Waals surface area contributed by atoms with Crippen molar-refractivity contribution in [1.29, 1.82) is 0 Å². The van der Waals surface area contributed by atoms with E-state index in [1.807, 2.05) is 30.3 Å². The third kappa shape index (κ3) is 4.56. The molecule has 1 aliphatic rings. The van der Waals surface area contributed by atoms with E-state index in [2.05, 4.69) is 5.32 Å². The van der Waals surface area contributed by atoms with Crippen LogP contribution in [0.4, 0.5) is 4.39 Å². The van der Waals surface area contributed by atoms with Crippen LogP contribution in [0.3, 0.4) is 0 Å².